The summed E-state index contributed by atoms with van der Waals surface area (Å²) in [5.74, 6) is 0.537. The van der Waals surface area contributed by atoms with Gasteiger partial charge in [0.05, 0.1) is 6.54 Å². The van der Waals surface area contributed by atoms with E-state index in [0.717, 1.165) is 5.56 Å². The van der Waals surface area contributed by atoms with Gasteiger partial charge in [0.25, 0.3) is 0 Å². The zero-order chi connectivity index (χ0) is 19.0. The predicted molar refractivity (Wildman–Crippen MR) is 93.8 cm³/mol. The molecule has 0 spiro atoms. The van der Waals surface area contributed by atoms with Gasteiger partial charge in [0.15, 0.2) is 5.96 Å². The number of nitrogens with zero attached hydrogens (tertiary/aromatic N) is 2. The molecule has 140 valence electrons. The number of nitrogens with one attached hydrogen (secondary N) is 2. The van der Waals surface area contributed by atoms with Gasteiger partial charge >= 0.3 is 6.61 Å². The molecule has 2 N–H and O–H groups in total. The van der Waals surface area contributed by atoms with E-state index >= 15 is 0 Å². The van der Waals surface area contributed by atoms with Gasteiger partial charge in [0, 0.05) is 26.2 Å². The summed E-state index contributed by atoms with van der Waals surface area (Å²) >= 11 is 0. The second kappa shape index (κ2) is 9.19. The maximum Gasteiger partial charge on any atom is 0.387 e. The molecular formula is C17H26F2N4O2. The van der Waals surface area contributed by atoms with Crippen molar-refractivity contribution in [2.75, 3.05) is 20.6 Å². The molecule has 0 bridgehead atoms. The van der Waals surface area contributed by atoms with Crippen molar-refractivity contribution in [3.63, 3.8) is 0 Å². The maximum atomic E-state index is 12.1. The molecule has 0 aromatic heterocycles. The number of halogens is 2. The van der Waals surface area contributed by atoms with Crippen molar-refractivity contribution in [2.24, 2.45) is 4.99 Å². The number of rotatable bonds is 6. The number of aliphatic imine (C=N–C) groups is 1. The first-order chi connectivity index (χ1) is 11.6. The molecule has 0 saturated heterocycles. The molecule has 1 rings (SSSR count). The van der Waals surface area contributed by atoms with Crippen LogP contribution in [0.15, 0.2) is 29.3 Å². The molecule has 8 heteroatoms. The van der Waals surface area contributed by atoms with E-state index in [2.05, 4.69) is 20.4 Å². The smallest absolute Gasteiger partial charge is 0.387 e. The average Bonchev–Trinajstić information content (AvgIpc) is 2.47. The van der Waals surface area contributed by atoms with Crippen LogP contribution in [0.25, 0.3) is 0 Å². The van der Waals surface area contributed by atoms with E-state index in [4.69, 9.17) is 0 Å². The highest BCUT2D eigenvalue weighted by atomic mass is 19.3. The van der Waals surface area contributed by atoms with Gasteiger partial charge in [-0.2, -0.15) is 8.78 Å². The van der Waals surface area contributed by atoms with Gasteiger partial charge in [-0.1, -0.05) is 12.1 Å². The number of carbonyl (C=O) groups is 1. The summed E-state index contributed by atoms with van der Waals surface area (Å²) in [5, 5.41) is 5.85. The van der Waals surface area contributed by atoms with E-state index in [1.807, 2.05) is 32.7 Å². The van der Waals surface area contributed by atoms with Gasteiger partial charge in [0.1, 0.15) is 5.75 Å². The monoisotopic (exact) mass is 356 g/mol. The summed E-state index contributed by atoms with van der Waals surface area (Å²) < 4.78 is 28.6. The van der Waals surface area contributed by atoms with Crippen LogP contribution < -0.4 is 15.4 Å². The Balaban J connectivity index is 2.56. The topological polar surface area (TPSA) is 66.0 Å². The summed E-state index contributed by atoms with van der Waals surface area (Å²) in [6, 6.07) is 6.38. The van der Waals surface area contributed by atoms with Crippen LogP contribution in [0, 0.1) is 0 Å². The summed E-state index contributed by atoms with van der Waals surface area (Å²) in [7, 11) is 3.45. The van der Waals surface area contributed by atoms with Gasteiger partial charge in [-0.25, -0.2) is 0 Å². The minimum atomic E-state index is -2.84. The van der Waals surface area contributed by atoms with E-state index in [1.165, 1.54) is 12.1 Å². The zero-order valence-corrected chi connectivity index (χ0v) is 15.3. The van der Waals surface area contributed by atoms with Crippen LogP contribution in [0.5, 0.6) is 5.75 Å². The summed E-state index contributed by atoms with van der Waals surface area (Å²) in [5.41, 5.74) is 0.599. The Morgan fingerprint density at radius 3 is 2.36 bits per heavy atom. The fraction of sp³-hybridized carbons (Fsp3) is 0.529. The molecule has 0 aliphatic carbocycles. The molecule has 1 amide bonds. The first kappa shape index (κ1) is 20.7. The highest BCUT2D eigenvalue weighted by Gasteiger charge is 2.15. The average molecular weight is 356 g/mol. The van der Waals surface area contributed by atoms with E-state index < -0.39 is 6.61 Å². The third-order valence-electron chi connectivity index (χ3n) is 3.06. The molecule has 0 unspecified atom stereocenters. The predicted octanol–water partition coefficient (Wildman–Crippen LogP) is 2.21. The molecule has 0 radical (unpaired) electrons. The van der Waals surface area contributed by atoms with Gasteiger partial charge in [0.2, 0.25) is 5.91 Å². The molecule has 0 fully saturated rings. The Morgan fingerprint density at radius 2 is 1.88 bits per heavy atom. The normalized spacial score (nSPS) is 12.1. The van der Waals surface area contributed by atoms with Crippen LogP contribution in [-0.4, -0.2) is 49.6 Å². The van der Waals surface area contributed by atoms with Gasteiger partial charge < -0.3 is 20.3 Å². The zero-order valence-electron chi connectivity index (χ0n) is 15.3. The highest BCUT2D eigenvalue weighted by molar-refractivity contribution is 5.86. The number of hydrogen-bond acceptors (Lipinski definition) is 3. The number of benzene rings is 1. The van der Waals surface area contributed by atoms with Crippen LogP contribution in [0.2, 0.25) is 0 Å². The fourth-order valence-corrected chi connectivity index (χ4v) is 2.13. The molecule has 1 aromatic carbocycles. The number of guanidine groups is 1. The van der Waals surface area contributed by atoms with Crippen LogP contribution in [0.3, 0.4) is 0 Å². The Morgan fingerprint density at radius 1 is 1.28 bits per heavy atom. The van der Waals surface area contributed by atoms with Crippen molar-refractivity contribution >= 4 is 11.9 Å². The van der Waals surface area contributed by atoms with Crippen molar-refractivity contribution < 1.29 is 18.3 Å². The number of amides is 1. The van der Waals surface area contributed by atoms with Crippen LogP contribution >= 0.6 is 0 Å². The molecule has 0 saturated carbocycles. The second-order valence-corrected chi connectivity index (χ2v) is 6.58. The minimum Gasteiger partial charge on any atom is -0.435 e. The van der Waals surface area contributed by atoms with Crippen LogP contribution in [0.4, 0.5) is 8.78 Å². The van der Waals surface area contributed by atoms with Crippen LogP contribution in [0.1, 0.15) is 26.3 Å². The van der Waals surface area contributed by atoms with Crippen molar-refractivity contribution in [2.45, 2.75) is 39.5 Å². The lowest BCUT2D eigenvalue weighted by Gasteiger charge is -2.24. The van der Waals surface area contributed by atoms with E-state index in [9.17, 15) is 13.6 Å². The number of ether oxygens (including phenoxy) is 1. The molecule has 25 heavy (non-hydrogen) atoms. The Bertz CT molecular complexity index is 583. The third kappa shape index (κ3) is 8.32. The largest absolute Gasteiger partial charge is 0.435 e. The molecule has 0 aliphatic rings. The van der Waals surface area contributed by atoms with Crippen LogP contribution in [-0.2, 0) is 11.3 Å². The van der Waals surface area contributed by atoms with Gasteiger partial charge in [-0.15, -0.1) is 0 Å². The quantitative estimate of drug-likeness (QED) is 0.606. The molecule has 0 heterocycles. The minimum absolute atomic E-state index is 0.107. The molecule has 6 nitrogen and oxygen atoms in total. The second-order valence-electron chi connectivity index (χ2n) is 6.58. The number of carbonyl (C=O) groups excluding carboxylic acids is 1. The maximum absolute atomic E-state index is 12.1. The standard InChI is InChI=1S/C17H26F2N4O2/c1-17(2,3)22-14(24)10-21-16(20-4)23(5)11-12-6-8-13(9-7-12)25-15(18)19/h6-9,15H,10-11H2,1-5H3,(H,20,21)(H,22,24). The van der Waals surface area contributed by atoms with Crippen molar-refractivity contribution in [1.29, 1.82) is 0 Å². The lowest BCUT2D eigenvalue weighted by Crippen LogP contribution is -2.48. The van der Waals surface area contributed by atoms with Crippen molar-refractivity contribution in [3.05, 3.63) is 29.8 Å². The molecule has 0 atom stereocenters. The lowest BCUT2D eigenvalue weighted by molar-refractivity contribution is -0.121. The van der Waals surface area contributed by atoms with Gasteiger partial charge in [-0.3, -0.25) is 9.79 Å². The molecule has 0 aliphatic heterocycles. The Hall–Kier alpha value is -2.38. The highest BCUT2D eigenvalue weighted by Crippen LogP contribution is 2.15. The first-order valence-corrected chi connectivity index (χ1v) is 7.87. The van der Waals surface area contributed by atoms with Crippen molar-refractivity contribution in [3.8, 4) is 5.75 Å². The Labute approximate surface area is 147 Å². The third-order valence-corrected chi connectivity index (χ3v) is 3.06. The Kier molecular flexibility index (Phi) is 7.60. The summed E-state index contributed by atoms with van der Waals surface area (Å²) in [6.07, 6.45) is 0. The fourth-order valence-electron chi connectivity index (χ4n) is 2.13. The lowest BCUT2D eigenvalue weighted by atomic mass is 10.1. The number of hydrogen-bond donors (Lipinski definition) is 2. The summed E-state index contributed by atoms with van der Waals surface area (Å²) in [4.78, 5) is 17.8. The van der Waals surface area contributed by atoms with Crippen molar-refractivity contribution in [1.82, 2.24) is 15.5 Å². The SMILES string of the molecule is CN=C(NCC(=O)NC(C)(C)C)N(C)Cc1ccc(OC(F)F)cc1. The first-order valence-electron chi connectivity index (χ1n) is 7.87. The summed E-state index contributed by atoms with van der Waals surface area (Å²) in [6.45, 7) is 3.49. The van der Waals surface area contributed by atoms with E-state index in [1.54, 1.807) is 19.2 Å². The van der Waals surface area contributed by atoms with Gasteiger partial charge in [-0.05, 0) is 38.5 Å². The number of alkyl halides is 2. The van der Waals surface area contributed by atoms with E-state index in [0.29, 0.717) is 12.5 Å². The van der Waals surface area contributed by atoms with E-state index in [-0.39, 0.29) is 23.7 Å². The molecule has 1 aromatic rings. The molecular weight excluding hydrogens is 330 g/mol.